The molecule has 0 bridgehead atoms. The van der Waals surface area contributed by atoms with Gasteiger partial charge in [-0.1, -0.05) is 5.16 Å². The summed E-state index contributed by atoms with van der Waals surface area (Å²) in [5.41, 5.74) is 6.55. The molecule has 12 heteroatoms. The summed E-state index contributed by atoms with van der Waals surface area (Å²) < 4.78 is 5.12. The van der Waals surface area contributed by atoms with Gasteiger partial charge < -0.3 is 20.4 Å². The molecule has 3 N–H and O–H groups in total. The lowest BCUT2D eigenvalue weighted by Gasteiger charge is -2.12. The predicted octanol–water partition coefficient (Wildman–Crippen LogP) is 2.29. The number of aliphatic carboxylic acids is 1. The molecule has 148 valence electrons. The molecule has 0 radical (unpaired) electrons. The lowest BCUT2D eigenvalue weighted by atomic mass is 10.1. The first-order valence-electron chi connectivity index (χ1n) is 7.87. The number of thiazole rings is 1. The number of carbonyl (C=O) groups is 2. The Kier molecular flexibility index (Phi) is 7.39. The van der Waals surface area contributed by atoms with Crippen LogP contribution < -0.4 is 5.73 Å². The van der Waals surface area contributed by atoms with Gasteiger partial charge in [0.15, 0.2) is 17.5 Å². The minimum atomic E-state index is -1.28. The smallest absolute Gasteiger partial charge is 0.350 e. The van der Waals surface area contributed by atoms with Gasteiger partial charge in [0.25, 0.3) is 5.69 Å². The Balaban J connectivity index is 1.87. The van der Waals surface area contributed by atoms with E-state index in [9.17, 15) is 19.7 Å². The highest BCUT2D eigenvalue weighted by atomic mass is 32.1. The van der Waals surface area contributed by atoms with E-state index in [0.717, 1.165) is 0 Å². The number of benzene rings is 1. The molecule has 1 unspecified atom stereocenters. The molecule has 0 saturated carbocycles. The number of non-ortho nitro benzene ring substituents is 1. The number of rotatable bonds is 10. The quantitative estimate of drug-likeness (QED) is 0.259. The van der Waals surface area contributed by atoms with Crippen molar-refractivity contribution < 1.29 is 29.2 Å². The van der Waals surface area contributed by atoms with Gasteiger partial charge in [-0.2, -0.15) is 0 Å². The van der Waals surface area contributed by atoms with Crippen LogP contribution in [-0.4, -0.2) is 33.2 Å². The minimum absolute atomic E-state index is 0.0385. The maximum absolute atomic E-state index is 12.0. The van der Waals surface area contributed by atoms with Gasteiger partial charge in [0, 0.05) is 30.4 Å². The second-order valence-electron chi connectivity index (χ2n) is 5.40. The number of carboxylic acid groups (broad SMARTS) is 1. The maximum atomic E-state index is 12.0. The summed E-state index contributed by atoms with van der Waals surface area (Å²) in [6, 6.07) is 5.63. The second kappa shape index (κ2) is 9.97. The van der Waals surface area contributed by atoms with Crippen LogP contribution in [0.3, 0.4) is 0 Å². The molecular formula is C16H16N4O7S. The third-order valence-corrected chi connectivity index (χ3v) is 4.07. The number of carbonyl (C=O) groups excluding carboxylic acids is 1. The van der Waals surface area contributed by atoms with Crippen molar-refractivity contribution in [1.29, 1.82) is 0 Å². The third-order valence-electron chi connectivity index (χ3n) is 3.38. The van der Waals surface area contributed by atoms with Gasteiger partial charge in [0.05, 0.1) is 10.6 Å². The van der Waals surface area contributed by atoms with Crippen molar-refractivity contribution in [2.24, 2.45) is 5.16 Å². The monoisotopic (exact) mass is 408 g/mol. The average molecular weight is 408 g/mol. The average Bonchev–Trinajstić information content (AvgIpc) is 3.09. The van der Waals surface area contributed by atoms with Crippen molar-refractivity contribution >= 4 is 40.3 Å². The summed E-state index contributed by atoms with van der Waals surface area (Å²) in [4.78, 5) is 41.7. The molecule has 0 spiro atoms. The molecule has 0 saturated heterocycles. The molecule has 1 aromatic heterocycles. The Morgan fingerprint density at radius 2 is 2.11 bits per heavy atom. The number of anilines is 1. The van der Waals surface area contributed by atoms with E-state index in [1.54, 1.807) is 5.38 Å². The van der Waals surface area contributed by atoms with Gasteiger partial charge in [-0.15, -0.1) is 11.3 Å². The zero-order chi connectivity index (χ0) is 20.5. The van der Waals surface area contributed by atoms with Crippen LogP contribution >= 0.6 is 11.3 Å². The molecule has 0 aliphatic rings. The fourth-order valence-electron chi connectivity index (χ4n) is 2.05. The van der Waals surface area contributed by atoms with Crippen LogP contribution in [0.5, 0.6) is 0 Å². The topological polar surface area (TPSA) is 167 Å². The minimum Gasteiger partial charge on any atom is -0.477 e. The number of aromatic nitrogens is 1. The SMILES string of the molecule is Nc1nc(C(CCC(=O)OCc2ccc([N+](=O)[O-])cc2)O/N=C\C(=O)O)cs1. The highest BCUT2D eigenvalue weighted by Gasteiger charge is 2.19. The number of hydrogen-bond donors (Lipinski definition) is 2. The normalized spacial score (nSPS) is 11.9. The number of oxime groups is 1. The molecular weight excluding hydrogens is 392 g/mol. The number of nitrogen functional groups attached to an aromatic ring is 1. The molecule has 2 aromatic rings. The second-order valence-corrected chi connectivity index (χ2v) is 6.29. The summed E-state index contributed by atoms with van der Waals surface area (Å²) in [6.07, 6.45) is -0.0944. The van der Waals surface area contributed by atoms with E-state index >= 15 is 0 Å². The molecule has 0 aliphatic heterocycles. The first kappa shape index (κ1) is 20.8. The lowest BCUT2D eigenvalue weighted by Crippen LogP contribution is -2.09. The van der Waals surface area contributed by atoms with Crippen molar-refractivity contribution in [1.82, 2.24) is 4.98 Å². The summed E-state index contributed by atoms with van der Waals surface area (Å²) >= 11 is 1.17. The van der Waals surface area contributed by atoms with E-state index in [1.165, 1.54) is 35.6 Å². The third kappa shape index (κ3) is 6.64. The van der Waals surface area contributed by atoms with E-state index in [1.807, 2.05) is 0 Å². The molecule has 0 amide bonds. The molecule has 1 heterocycles. The van der Waals surface area contributed by atoms with Gasteiger partial charge in [0.1, 0.15) is 6.61 Å². The summed E-state index contributed by atoms with van der Waals surface area (Å²) in [6.45, 7) is -0.0385. The number of nitro groups is 1. The summed E-state index contributed by atoms with van der Waals surface area (Å²) in [5, 5.41) is 24.4. The predicted molar refractivity (Wildman–Crippen MR) is 98.6 cm³/mol. The van der Waals surface area contributed by atoms with E-state index < -0.39 is 23.0 Å². The van der Waals surface area contributed by atoms with Gasteiger partial charge in [-0.25, -0.2) is 9.78 Å². The van der Waals surface area contributed by atoms with Crippen LogP contribution in [0.4, 0.5) is 10.8 Å². The van der Waals surface area contributed by atoms with Crippen molar-refractivity contribution in [2.75, 3.05) is 5.73 Å². The Bertz CT molecular complexity index is 866. The van der Waals surface area contributed by atoms with Crippen molar-refractivity contribution in [3.05, 3.63) is 51.0 Å². The van der Waals surface area contributed by atoms with Gasteiger partial charge in [-0.05, 0) is 17.7 Å². The number of nitro benzene ring substituents is 1. The van der Waals surface area contributed by atoms with E-state index in [0.29, 0.717) is 22.6 Å². The van der Waals surface area contributed by atoms with Gasteiger partial charge in [-0.3, -0.25) is 14.9 Å². The Morgan fingerprint density at radius 1 is 1.39 bits per heavy atom. The Morgan fingerprint density at radius 3 is 2.68 bits per heavy atom. The highest BCUT2D eigenvalue weighted by Crippen LogP contribution is 2.26. The fourth-order valence-corrected chi connectivity index (χ4v) is 2.66. The number of nitrogens with two attached hydrogens (primary N) is 1. The van der Waals surface area contributed by atoms with Crippen molar-refractivity contribution in [3.8, 4) is 0 Å². The lowest BCUT2D eigenvalue weighted by molar-refractivity contribution is -0.384. The number of nitrogens with zero attached hydrogens (tertiary/aromatic N) is 3. The first-order chi connectivity index (χ1) is 13.3. The molecule has 1 atom stereocenters. The Hall–Kier alpha value is -3.54. The van der Waals surface area contributed by atoms with E-state index in [-0.39, 0.29) is 25.1 Å². The molecule has 2 rings (SSSR count). The zero-order valence-corrected chi connectivity index (χ0v) is 15.2. The number of hydrogen-bond acceptors (Lipinski definition) is 10. The van der Waals surface area contributed by atoms with E-state index in [2.05, 4.69) is 10.1 Å². The van der Waals surface area contributed by atoms with Crippen LogP contribution in [0.25, 0.3) is 0 Å². The number of carboxylic acids is 1. The molecule has 0 aliphatic carbocycles. The molecule has 28 heavy (non-hydrogen) atoms. The first-order valence-corrected chi connectivity index (χ1v) is 8.75. The standard InChI is InChI=1S/C16H16N4O7S/c17-16-19-12(9-28-16)13(27-18-7-14(21)22)5-6-15(23)26-8-10-1-3-11(4-2-10)20(24)25/h1-4,7,9,13H,5-6,8H2,(H2,17,19)(H,21,22)/b18-7-. The molecule has 1 aromatic carbocycles. The summed E-state index contributed by atoms with van der Waals surface area (Å²) in [7, 11) is 0. The fraction of sp³-hybridized carbons (Fsp3) is 0.250. The maximum Gasteiger partial charge on any atom is 0.350 e. The largest absolute Gasteiger partial charge is 0.477 e. The molecule has 0 fully saturated rings. The van der Waals surface area contributed by atoms with Crippen LogP contribution in [0.2, 0.25) is 0 Å². The Labute approximate surface area is 162 Å². The summed E-state index contributed by atoms with van der Waals surface area (Å²) in [5.74, 6) is -1.81. The van der Waals surface area contributed by atoms with E-state index in [4.69, 9.17) is 20.4 Å². The van der Waals surface area contributed by atoms with Crippen molar-refractivity contribution in [3.63, 3.8) is 0 Å². The van der Waals surface area contributed by atoms with Crippen LogP contribution in [0, 0.1) is 10.1 Å². The van der Waals surface area contributed by atoms with Crippen LogP contribution in [0.1, 0.15) is 30.2 Å². The van der Waals surface area contributed by atoms with Crippen molar-refractivity contribution in [2.45, 2.75) is 25.6 Å². The molecule has 11 nitrogen and oxygen atoms in total. The van der Waals surface area contributed by atoms with Crippen LogP contribution in [-0.2, 0) is 25.8 Å². The van der Waals surface area contributed by atoms with Gasteiger partial charge in [0.2, 0.25) is 0 Å². The highest BCUT2D eigenvalue weighted by molar-refractivity contribution is 7.13. The van der Waals surface area contributed by atoms with Gasteiger partial charge >= 0.3 is 11.9 Å². The number of ether oxygens (including phenoxy) is 1. The zero-order valence-electron chi connectivity index (χ0n) is 14.4. The number of esters is 1. The van der Waals surface area contributed by atoms with Crippen LogP contribution in [0.15, 0.2) is 34.8 Å².